The van der Waals surface area contributed by atoms with Crippen molar-refractivity contribution in [3.8, 4) is 11.8 Å². The molecular formula is C19H16F4N4O5S. The maximum Gasteiger partial charge on any atom is 0.422 e. The number of carbonyl (C=O) groups excluding carboxylic acids is 1. The zero-order valence-electron chi connectivity index (χ0n) is 16.8. The molecule has 0 spiro atoms. The molecule has 3 rings (SSSR count). The maximum absolute atomic E-state index is 13.5. The molecule has 0 radical (unpaired) electrons. The number of ether oxygens (including phenoxy) is 1. The number of nitriles is 1. The van der Waals surface area contributed by atoms with E-state index in [1.165, 1.54) is 7.05 Å². The van der Waals surface area contributed by atoms with E-state index >= 15 is 0 Å². The van der Waals surface area contributed by atoms with Gasteiger partial charge in [-0.2, -0.15) is 18.4 Å². The summed E-state index contributed by atoms with van der Waals surface area (Å²) in [5.41, 5.74) is -4.40. The molecule has 9 nitrogen and oxygen atoms in total. The number of alkyl halides is 3. The Morgan fingerprint density at radius 2 is 2.12 bits per heavy atom. The Labute approximate surface area is 184 Å². The SMILES string of the molecule is C=CC(O)([C@@H]1COc2c(cn(C)c2C(=O)Nc2ccc(F)c(C#N)c2)S(=O)(=O)N1)C(F)(F)F. The number of rotatable bonds is 4. The zero-order chi connectivity index (χ0) is 24.8. The molecule has 0 saturated carbocycles. The monoisotopic (exact) mass is 488 g/mol. The van der Waals surface area contributed by atoms with Gasteiger partial charge in [-0.25, -0.2) is 17.5 Å². The summed E-state index contributed by atoms with van der Waals surface area (Å²) in [5.74, 6) is -2.33. The molecule has 0 bridgehead atoms. The number of amides is 1. The van der Waals surface area contributed by atoms with Crippen LogP contribution in [0.25, 0.3) is 0 Å². The number of anilines is 1. The van der Waals surface area contributed by atoms with Gasteiger partial charge in [0.15, 0.2) is 17.0 Å². The molecule has 0 fully saturated rings. The van der Waals surface area contributed by atoms with Crippen molar-refractivity contribution < 1.29 is 40.6 Å². The molecule has 1 unspecified atom stereocenters. The second-order valence-corrected chi connectivity index (χ2v) is 8.74. The van der Waals surface area contributed by atoms with Gasteiger partial charge in [0.1, 0.15) is 23.4 Å². The van der Waals surface area contributed by atoms with E-state index in [0.29, 0.717) is 0 Å². The molecule has 1 aromatic heterocycles. The second-order valence-electron chi connectivity index (χ2n) is 7.05. The molecule has 1 aliphatic rings. The summed E-state index contributed by atoms with van der Waals surface area (Å²) in [6.45, 7) is 1.95. The van der Waals surface area contributed by atoms with Crippen molar-refractivity contribution >= 4 is 21.6 Å². The van der Waals surface area contributed by atoms with Gasteiger partial charge in [-0.05, 0) is 24.3 Å². The van der Waals surface area contributed by atoms with Crippen molar-refractivity contribution in [1.29, 1.82) is 5.26 Å². The van der Waals surface area contributed by atoms with Gasteiger partial charge in [0, 0.05) is 18.9 Å². The van der Waals surface area contributed by atoms with Crippen LogP contribution in [0.3, 0.4) is 0 Å². The zero-order valence-corrected chi connectivity index (χ0v) is 17.6. The quantitative estimate of drug-likeness (QED) is 0.444. The predicted octanol–water partition coefficient (Wildman–Crippen LogP) is 1.81. The number of aliphatic hydroxyl groups is 1. The highest BCUT2D eigenvalue weighted by atomic mass is 32.2. The third-order valence-corrected chi connectivity index (χ3v) is 6.40. The topological polar surface area (TPSA) is 133 Å². The molecule has 0 saturated heterocycles. The fourth-order valence-corrected chi connectivity index (χ4v) is 4.62. The fraction of sp³-hybridized carbons (Fsp3) is 0.263. The number of fused-ring (bicyclic) bond motifs is 1. The minimum Gasteiger partial charge on any atom is -0.488 e. The summed E-state index contributed by atoms with van der Waals surface area (Å²) in [6, 6.07) is 2.51. The van der Waals surface area contributed by atoms with E-state index in [1.54, 1.807) is 10.8 Å². The van der Waals surface area contributed by atoms with Gasteiger partial charge in [-0.3, -0.25) is 4.79 Å². The Hall–Kier alpha value is -3.41. The molecule has 176 valence electrons. The van der Waals surface area contributed by atoms with Crippen molar-refractivity contribution in [3.05, 3.63) is 54.1 Å². The first-order valence-corrected chi connectivity index (χ1v) is 10.5. The van der Waals surface area contributed by atoms with E-state index in [1.807, 2.05) is 0 Å². The Balaban J connectivity index is 2.00. The minimum absolute atomic E-state index is 0.00140. The van der Waals surface area contributed by atoms with E-state index in [2.05, 4.69) is 11.9 Å². The van der Waals surface area contributed by atoms with Gasteiger partial charge in [0.05, 0.1) is 11.6 Å². The second kappa shape index (κ2) is 8.18. The third-order valence-electron chi connectivity index (χ3n) is 4.94. The predicted molar refractivity (Wildman–Crippen MR) is 105 cm³/mol. The lowest BCUT2D eigenvalue weighted by atomic mass is 9.95. The first kappa shape index (κ1) is 24.2. The molecule has 3 N–H and O–H groups in total. The largest absolute Gasteiger partial charge is 0.488 e. The van der Waals surface area contributed by atoms with Crippen LogP contribution in [0, 0.1) is 17.1 Å². The first-order valence-electron chi connectivity index (χ1n) is 9.03. The van der Waals surface area contributed by atoms with Crippen LogP contribution in [-0.4, -0.2) is 48.4 Å². The van der Waals surface area contributed by atoms with Gasteiger partial charge >= 0.3 is 6.18 Å². The van der Waals surface area contributed by atoms with Crippen molar-refractivity contribution in [1.82, 2.24) is 9.29 Å². The fourth-order valence-electron chi connectivity index (χ4n) is 3.17. The number of sulfonamides is 1. The Bertz CT molecular complexity index is 1280. The van der Waals surface area contributed by atoms with Crippen LogP contribution in [0.4, 0.5) is 23.2 Å². The summed E-state index contributed by atoms with van der Waals surface area (Å²) in [6.07, 6.45) is -4.19. The lowest BCUT2D eigenvalue weighted by Gasteiger charge is -2.33. The van der Waals surface area contributed by atoms with Crippen LogP contribution in [-0.2, 0) is 17.1 Å². The number of hydrogen-bond acceptors (Lipinski definition) is 6. The summed E-state index contributed by atoms with van der Waals surface area (Å²) in [7, 11) is -3.39. The molecular weight excluding hydrogens is 472 g/mol. The van der Waals surface area contributed by atoms with Crippen LogP contribution < -0.4 is 14.8 Å². The third kappa shape index (κ3) is 4.17. The smallest absolute Gasteiger partial charge is 0.422 e. The van der Waals surface area contributed by atoms with Crippen LogP contribution in [0.1, 0.15) is 16.1 Å². The summed E-state index contributed by atoms with van der Waals surface area (Å²) < 4.78 is 87.3. The molecule has 33 heavy (non-hydrogen) atoms. The lowest BCUT2D eigenvalue weighted by Crippen LogP contribution is -2.61. The molecule has 2 heterocycles. The lowest BCUT2D eigenvalue weighted by molar-refractivity contribution is -0.249. The van der Waals surface area contributed by atoms with Crippen molar-refractivity contribution in [3.63, 3.8) is 0 Å². The maximum atomic E-state index is 13.5. The van der Waals surface area contributed by atoms with Gasteiger partial charge in [0.25, 0.3) is 5.91 Å². The number of hydrogen-bond donors (Lipinski definition) is 3. The van der Waals surface area contributed by atoms with Gasteiger partial charge in [0.2, 0.25) is 10.0 Å². The Kier molecular flexibility index (Phi) is 6.01. The molecule has 2 atom stereocenters. The van der Waals surface area contributed by atoms with Crippen LogP contribution in [0.2, 0.25) is 0 Å². The van der Waals surface area contributed by atoms with E-state index < -0.39 is 56.8 Å². The molecule has 0 aliphatic carbocycles. The molecule has 1 aliphatic heterocycles. The number of nitrogens with one attached hydrogen (secondary N) is 2. The van der Waals surface area contributed by atoms with E-state index in [9.17, 15) is 35.9 Å². The minimum atomic E-state index is -5.29. The van der Waals surface area contributed by atoms with Crippen LogP contribution in [0.5, 0.6) is 5.75 Å². The molecule has 1 aromatic carbocycles. The van der Waals surface area contributed by atoms with Gasteiger partial charge < -0.3 is 19.7 Å². The summed E-state index contributed by atoms with van der Waals surface area (Å²) in [5, 5.41) is 21.3. The van der Waals surface area contributed by atoms with Gasteiger partial charge in [-0.1, -0.05) is 6.58 Å². The number of nitrogens with zero attached hydrogens (tertiary/aromatic N) is 2. The van der Waals surface area contributed by atoms with Crippen molar-refractivity contribution in [2.45, 2.75) is 22.7 Å². The number of aryl methyl sites for hydroxylation is 1. The summed E-state index contributed by atoms with van der Waals surface area (Å²) >= 11 is 0. The van der Waals surface area contributed by atoms with Gasteiger partial charge in [-0.15, -0.1) is 0 Å². The number of aromatic nitrogens is 1. The highest BCUT2D eigenvalue weighted by Crippen LogP contribution is 2.39. The molecule has 14 heteroatoms. The summed E-state index contributed by atoms with van der Waals surface area (Å²) in [4.78, 5) is 12.2. The Morgan fingerprint density at radius 1 is 1.45 bits per heavy atom. The van der Waals surface area contributed by atoms with Crippen molar-refractivity contribution in [2.24, 2.45) is 7.05 Å². The first-order chi connectivity index (χ1) is 15.2. The molecule has 2 aromatic rings. The Morgan fingerprint density at radius 3 is 2.70 bits per heavy atom. The standard InChI is InChI=1S/C19H16F4N4O5S/c1-3-18(29,19(21,22)23)14-9-32-16-13(33(30,31)26-14)8-27(2)15(16)17(28)25-11-4-5-12(20)10(6-11)7-24/h3-6,8,14,26,29H,1,9H2,2H3,(H,25,28)/t14-,18?/m0/s1. The number of carbonyl (C=O) groups is 1. The van der Waals surface area contributed by atoms with E-state index in [0.717, 1.165) is 29.0 Å². The average molecular weight is 488 g/mol. The van der Waals surface area contributed by atoms with E-state index in [4.69, 9.17) is 10.00 Å². The number of halogens is 4. The average Bonchev–Trinajstić information content (AvgIpc) is 3.01. The van der Waals surface area contributed by atoms with Crippen molar-refractivity contribution in [2.75, 3.05) is 11.9 Å². The normalized spacial score (nSPS) is 19.2. The van der Waals surface area contributed by atoms with E-state index in [-0.39, 0.29) is 23.0 Å². The highest BCUT2D eigenvalue weighted by molar-refractivity contribution is 7.89. The highest BCUT2D eigenvalue weighted by Gasteiger charge is 2.58. The van der Waals surface area contributed by atoms with Crippen LogP contribution in [0.15, 0.2) is 41.9 Å². The number of benzene rings is 1. The van der Waals surface area contributed by atoms with Crippen LogP contribution >= 0.6 is 0 Å². The molecule has 1 amide bonds.